The molecule has 84 valence electrons. The number of nitrogens with zero attached hydrogens (tertiary/aromatic N) is 1. The zero-order valence-corrected chi connectivity index (χ0v) is 9.54. The Morgan fingerprint density at radius 1 is 1.18 bits per heavy atom. The molecule has 4 heteroatoms. The van der Waals surface area contributed by atoms with Gasteiger partial charge in [0.2, 0.25) is 0 Å². The number of hydrogen-bond donors (Lipinski definition) is 1. The van der Waals surface area contributed by atoms with Crippen molar-refractivity contribution in [2.75, 3.05) is 0 Å². The summed E-state index contributed by atoms with van der Waals surface area (Å²) in [5, 5.41) is 17.9. The third kappa shape index (κ3) is 2.77. The predicted octanol–water partition coefficient (Wildman–Crippen LogP) is 3.55. The summed E-state index contributed by atoms with van der Waals surface area (Å²) in [6.45, 7) is 0. The molecule has 2 aromatic rings. The van der Waals surface area contributed by atoms with Gasteiger partial charge in [0.05, 0.1) is 11.6 Å². The lowest BCUT2D eigenvalue weighted by atomic mass is 10.2. The normalized spacial score (nSPS) is 9.88. The average Bonchev–Trinajstić information content (AvgIpc) is 2.32. The standard InChI is InChI=1S/C13H8FNOS/c14-12-6-9(8-15)4-5-13(12)17-11-3-1-2-10(16)7-11/h1-7,16H. The molecule has 2 aromatic carbocycles. The molecule has 0 heterocycles. The second-order valence-corrected chi connectivity index (χ2v) is 4.47. The molecule has 0 radical (unpaired) electrons. The maximum absolute atomic E-state index is 13.6. The van der Waals surface area contributed by atoms with E-state index >= 15 is 0 Å². The molecule has 0 aliphatic carbocycles. The Bertz CT molecular complexity index is 592. The van der Waals surface area contributed by atoms with Gasteiger partial charge >= 0.3 is 0 Å². The van der Waals surface area contributed by atoms with Gasteiger partial charge in [0.1, 0.15) is 11.6 Å². The Morgan fingerprint density at radius 3 is 2.65 bits per heavy atom. The highest BCUT2D eigenvalue weighted by molar-refractivity contribution is 7.99. The van der Waals surface area contributed by atoms with Crippen LogP contribution in [0.25, 0.3) is 0 Å². The highest BCUT2D eigenvalue weighted by Crippen LogP contribution is 2.31. The average molecular weight is 245 g/mol. The van der Waals surface area contributed by atoms with E-state index in [1.165, 1.54) is 17.8 Å². The molecule has 1 N–H and O–H groups in total. The molecule has 0 saturated carbocycles. The van der Waals surface area contributed by atoms with E-state index < -0.39 is 5.82 Å². The highest BCUT2D eigenvalue weighted by atomic mass is 32.2. The number of benzene rings is 2. The Balaban J connectivity index is 2.28. The fourth-order valence-electron chi connectivity index (χ4n) is 1.33. The van der Waals surface area contributed by atoms with Crippen molar-refractivity contribution < 1.29 is 9.50 Å². The molecule has 0 saturated heterocycles. The van der Waals surface area contributed by atoms with Gasteiger partial charge in [0.25, 0.3) is 0 Å². The molecule has 0 spiro atoms. The molecule has 0 bridgehead atoms. The Morgan fingerprint density at radius 2 is 2.00 bits per heavy atom. The highest BCUT2D eigenvalue weighted by Gasteiger charge is 2.05. The van der Waals surface area contributed by atoms with Crippen LogP contribution in [-0.2, 0) is 0 Å². The first-order chi connectivity index (χ1) is 8.19. The van der Waals surface area contributed by atoms with E-state index in [9.17, 15) is 9.50 Å². The van der Waals surface area contributed by atoms with Crippen LogP contribution < -0.4 is 0 Å². The third-order valence-corrected chi connectivity index (χ3v) is 3.15. The van der Waals surface area contributed by atoms with Crippen LogP contribution in [0.2, 0.25) is 0 Å². The minimum atomic E-state index is -0.433. The van der Waals surface area contributed by atoms with Crippen molar-refractivity contribution in [3.05, 3.63) is 53.8 Å². The Kier molecular flexibility index (Phi) is 3.31. The quantitative estimate of drug-likeness (QED) is 0.879. The summed E-state index contributed by atoms with van der Waals surface area (Å²) in [5.74, 6) is -0.290. The fourth-order valence-corrected chi connectivity index (χ4v) is 2.20. The van der Waals surface area contributed by atoms with Crippen LogP contribution in [0, 0.1) is 17.1 Å². The van der Waals surface area contributed by atoms with Crippen molar-refractivity contribution in [3.63, 3.8) is 0 Å². The van der Waals surface area contributed by atoms with Crippen molar-refractivity contribution in [2.45, 2.75) is 9.79 Å². The van der Waals surface area contributed by atoms with Gasteiger partial charge < -0.3 is 5.11 Å². The summed E-state index contributed by atoms with van der Waals surface area (Å²) < 4.78 is 13.6. The largest absolute Gasteiger partial charge is 0.508 e. The first-order valence-electron chi connectivity index (χ1n) is 4.85. The van der Waals surface area contributed by atoms with Crippen molar-refractivity contribution in [2.24, 2.45) is 0 Å². The molecule has 2 rings (SSSR count). The molecule has 0 aliphatic rings. The lowest BCUT2D eigenvalue weighted by Gasteiger charge is -2.03. The van der Waals surface area contributed by atoms with E-state index in [1.807, 2.05) is 6.07 Å². The number of nitriles is 1. The van der Waals surface area contributed by atoms with Gasteiger partial charge in [-0.1, -0.05) is 17.8 Å². The zero-order chi connectivity index (χ0) is 12.3. The van der Waals surface area contributed by atoms with Crippen molar-refractivity contribution in [1.82, 2.24) is 0 Å². The molecule has 0 unspecified atom stereocenters. The lowest BCUT2D eigenvalue weighted by molar-refractivity contribution is 0.474. The number of rotatable bonds is 2. The van der Waals surface area contributed by atoms with Gasteiger partial charge in [-0.3, -0.25) is 0 Å². The van der Waals surface area contributed by atoms with E-state index in [0.717, 1.165) is 4.90 Å². The van der Waals surface area contributed by atoms with Crippen LogP contribution in [0.15, 0.2) is 52.3 Å². The van der Waals surface area contributed by atoms with Crippen LogP contribution >= 0.6 is 11.8 Å². The van der Waals surface area contributed by atoms with Crippen molar-refractivity contribution in [3.8, 4) is 11.8 Å². The predicted molar refractivity (Wildman–Crippen MR) is 63.3 cm³/mol. The smallest absolute Gasteiger partial charge is 0.138 e. The number of hydrogen-bond acceptors (Lipinski definition) is 3. The molecule has 2 nitrogen and oxygen atoms in total. The zero-order valence-electron chi connectivity index (χ0n) is 8.72. The van der Waals surface area contributed by atoms with Crippen LogP contribution in [0.1, 0.15) is 5.56 Å². The molecular weight excluding hydrogens is 237 g/mol. The summed E-state index contributed by atoms with van der Waals surface area (Å²) in [6, 6.07) is 12.8. The van der Waals surface area contributed by atoms with Gasteiger partial charge in [0, 0.05) is 9.79 Å². The number of aromatic hydroxyl groups is 1. The SMILES string of the molecule is N#Cc1ccc(Sc2cccc(O)c2)c(F)c1. The maximum Gasteiger partial charge on any atom is 0.138 e. The lowest BCUT2D eigenvalue weighted by Crippen LogP contribution is -1.83. The van der Waals surface area contributed by atoms with Gasteiger partial charge in [-0.2, -0.15) is 5.26 Å². The molecule has 17 heavy (non-hydrogen) atoms. The molecule has 0 aromatic heterocycles. The van der Waals surface area contributed by atoms with Crippen molar-refractivity contribution >= 4 is 11.8 Å². The van der Waals surface area contributed by atoms with Gasteiger partial charge in [-0.25, -0.2) is 4.39 Å². The summed E-state index contributed by atoms with van der Waals surface area (Å²) in [4.78, 5) is 1.17. The fraction of sp³-hybridized carbons (Fsp3) is 0. The van der Waals surface area contributed by atoms with Crippen LogP contribution in [0.4, 0.5) is 4.39 Å². The van der Waals surface area contributed by atoms with Gasteiger partial charge in [-0.05, 0) is 36.4 Å². The summed E-state index contributed by atoms with van der Waals surface area (Å²) in [5.41, 5.74) is 0.294. The molecule has 0 amide bonds. The first kappa shape index (κ1) is 11.5. The molecule has 0 atom stereocenters. The summed E-state index contributed by atoms with van der Waals surface area (Å²) in [6.07, 6.45) is 0. The van der Waals surface area contributed by atoms with E-state index in [1.54, 1.807) is 36.4 Å². The van der Waals surface area contributed by atoms with Crippen molar-refractivity contribution in [1.29, 1.82) is 5.26 Å². The first-order valence-corrected chi connectivity index (χ1v) is 5.67. The second-order valence-electron chi connectivity index (χ2n) is 3.36. The monoisotopic (exact) mass is 245 g/mol. The maximum atomic E-state index is 13.6. The molecular formula is C13H8FNOS. The Hall–Kier alpha value is -1.99. The van der Waals surface area contributed by atoms with E-state index in [0.29, 0.717) is 10.5 Å². The van der Waals surface area contributed by atoms with E-state index in [4.69, 9.17) is 5.26 Å². The number of halogens is 1. The molecule has 0 aliphatic heterocycles. The number of phenolic OH excluding ortho intramolecular Hbond substituents is 1. The van der Waals surface area contributed by atoms with Crippen LogP contribution in [0.3, 0.4) is 0 Å². The van der Waals surface area contributed by atoms with Crippen LogP contribution in [0.5, 0.6) is 5.75 Å². The minimum Gasteiger partial charge on any atom is -0.508 e. The Labute approximate surface area is 102 Å². The second kappa shape index (κ2) is 4.89. The van der Waals surface area contributed by atoms with Crippen LogP contribution in [-0.4, -0.2) is 5.11 Å². The third-order valence-electron chi connectivity index (χ3n) is 2.11. The van der Waals surface area contributed by atoms with Gasteiger partial charge in [0.15, 0.2) is 0 Å². The molecule has 0 fully saturated rings. The van der Waals surface area contributed by atoms with E-state index in [-0.39, 0.29) is 5.75 Å². The topological polar surface area (TPSA) is 44.0 Å². The number of phenols is 1. The summed E-state index contributed by atoms with van der Waals surface area (Å²) in [7, 11) is 0. The van der Waals surface area contributed by atoms with Gasteiger partial charge in [-0.15, -0.1) is 0 Å². The van der Waals surface area contributed by atoms with E-state index in [2.05, 4.69) is 0 Å². The summed E-state index contributed by atoms with van der Waals surface area (Å²) >= 11 is 1.20. The minimum absolute atomic E-state index is 0.143.